The van der Waals surface area contributed by atoms with Crippen LogP contribution in [0.5, 0.6) is 0 Å². The Balaban J connectivity index is 0. The highest BCUT2D eigenvalue weighted by Crippen LogP contribution is 2.11. The molecule has 15 heavy (non-hydrogen) atoms. The average molecular weight is 216 g/mol. The molecule has 0 radical (unpaired) electrons. The zero-order chi connectivity index (χ0) is 12.3. The Hall–Kier alpha value is -1.13. The summed E-state index contributed by atoms with van der Waals surface area (Å²) in [6.07, 6.45) is 3.23. The fraction of sp³-hybridized carbons (Fsp3) is 0.545. The van der Waals surface area contributed by atoms with E-state index >= 15 is 0 Å². The highest BCUT2D eigenvalue weighted by molar-refractivity contribution is 5.72. The third kappa shape index (κ3) is 15.6. The number of hydrogen-bond donors (Lipinski definition) is 1. The van der Waals surface area contributed by atoms with Gasteiger partial charge in [0.1, 0.15) is 13.2 Å². The van der Waals surface area contributed by atoms with E-state index in [9.17, 15) is 4.79 Å². The number of carboxylic acid groups (broad SMARTS) is 1. The first kappa shape index (κ1) is 16.3. The molecule has 0 atom stereocenters. The summed E-state index contributed by atoms with van der Waals surface area (Å²) in [5.74, 6) is -0.757. The normalized spacial score (nSPS) is 9.80. The van der Waals surface area contributed by atoms with Crippen LogP contribution in [0, 0.1) is 5.41 Å². The van der Waals surface area contributed by atoms with Crippen molar-refractivity contribution in [1.29, 1.82) is 0 Å². The van der Waals surface area contributed by atoms with Crippen LogP contribution in [0.3, 0.4) is 0 Å². The summed E-state index contributed by atoms with van der Waals surface area (Å²) >= 11 is 0. The summed E-state index contributed by atoms with van der Waals surface area (Å²) in [5.41, 5.74) is -0.583. The van der Waals surface area contributed by atoms with E-state index in [1.807, 2.05) is 0 Å². The number of carboxylic acids is 1. The van der Waals surface area contributed by atoms with Crippen LogP contribution in [-0.2, 0) is 14.6 Å². The maximum atomic E-state index is 10.0. The summed E-state index contributed by atoms with van der Waals surface area (Å²) in [5, 5.41) is 8.25. The van der Waals surface area contributed by atoms with Gasteiger partial charge in [0.05, 0.1) is 5.41 Å². The molecule has 0 rings (SSSR count). The van der Waals surface area contributed by atoms with Crippen molar-refractivity contribution in [2.24, 2.45) is 5.41 Å². The van der Waals surface area contributed by atoms with Crippen molar-refractivity contribution in [3.05, 3.63) is 25.3 Å². The van der Waals surface area contributed by atoms with E-state index in [4.69, 9.17) is 5.11 Å². The molecule has 1 N–H and O–H groups in total. The van der Waals surface area contributed by atoms with E-state index in [0.29, 0.717) is 13.2 Å². The minimum Gasteiger partial charge on any atom is -0.481 e. The van der Waals surface area contributed by atoms with E-state index in [2.05, 4.69) is 22.9 Å². The quantitative estimate of drug-likeness (QED) is 0.332. The van der Waals surface area contributed by atoms with Gasteiger partial charge in [0.2, 0.25) is 0 Å². The number of hydrogen-bond acceptors (Lipinski definition) is 3. The molecule has 0 aromatic carbocycles. The summed E-state index contributed by atoms with van der Waals surface area (Å²) in [7, 11) is 0. The Labute approximate surface area is 91.1 Å². The molecule has 4 nitrogen and oxygen atoms in total. The average Bonchev–Trinajstić information content (AvgIpc) is 2.12. The minimum absolute atomic E-state index is 0.424. The molecule has 0 spiro atoms. The van der Waals surface area contributed by atoms with Gasteiger partial charge in [-0.05, 0) is 20.8 Å². The zero-order valence-electron chi connectivity index (χ0n) is 9.66. The summed E-state index contributed by atoms with van der Waals surface area (Å²) in [6, 6.07) is 0. The predicted molar refractivity (Wildman–Crippen MR) is 59.4 cm³/mol. The van der Waals surface area contributed by atoms with Crippen LogP contribution in [0.15, 0.2) is 25.3 Å². The van der Waals surface area contributed by atoms with E-state index in [-0.39, 0.29) is 0 Å². The molecule has 0 aromatic heterocycles. The first-order chi connectivity index (χ1) is 6.86. The first-order valence-corrected chi connectivity index (χ1v) is 4.55. The first-order valence-electron chi connectivity index (χ1n) is 4.55. The summed E-state index contributed by atoms with van der Waals surface area (Å²) < 4.78 is 0. The molecule has 0 saturated carbocycles. The van der Waals surface area contributed by atoms with Crippen LogP contribution >= 0.6 is 0 Å². The van der Waals surface area contributed by atoms with Crippen molar-refractivity contribution in [1.82, 2.24) is 0 Å². The second-order valence-corrected chi connectivity index (χ2v) is 3.70. The highest BCUT2D eigenvalue weighted by atomic mass is 17.2. The molecular weight excluding hydrogens is 196 g/mol. The minimum atomic E-state index is -0.757. The Morgan fingerprint density at radius 3 is 1.60 bits per heavy atom. The molecule has 0 unspecified atom stereocenters. The Bertz CT molecular complexity index is 181. The second kappa shape index (κ2) is 9.43. The van der Waals surface area contributed by atoms with Crippen LogP contribution in [0.1, 0.15) is 20.8 Å². The van der Waals surface area contributed by atoms with Gasteiger partial charge in [0.25, 0.3) is 0 Å². The van der Waals surface area contributed by atoms with Gasteiger partial charge in [-0.1, -0.05) is 12.2 Å². The molecule has 0 aliphatic heterocycles. The van der Waals surface area contributed by atoms with Crippen LogP contribution in [0.25, 0.3) is 0 Å². The third-order valence-corrected chi connectivity index (χ3v) is 1.10. The van der Waals surface area contributed by atoms with Gasteiger partial charge in [0.15, 0.2) is 0 Å². The van der Waals surface area contributed by atoms with E-state index in [1.165, 1.54) is 0 Å². The van der Waals surface area contributed by atoms with Crippen LogP contribution in [0.4, 0.5) is 0 Å². The van der Waals surface area contributed by atoms with Gasteiger partial charge in [-0.2, -0.15) is 0 Å². The third-order valence-electron chi connectivity index (χ3n) is 1.10. The molecule has 0 fully saturated rings. The van der Waals surface area contributed by atoms with Gasteiger partial charge in [0, 0.05) is 0 Å². The lowest BCUT2D eigenvalue weighted by Crippen LogP contribution is -2.18. The van der Waals surface area contributed by atoms with Crippen molar-refractivity contribution in [3.63, 3.8) is 0 Å². The smallest absolute Gasteiger partial charge is 0.308 e. The van der Waals surface area contributed by atoms with Crippen LogP contribution < -0.4 is 0 Å². The summed E-state index contributed by atoms with van der Waals surface area (Å²) in [6.45, 7) is 12.7. The number of carbonyl (C=O) groups is 1. The molecule has 88 valence electrons. The standard InChI is InChI=1S/C6H10O2.C5H10O2/c1-3-5-7-8-6-4-2;1-5(2,3)4(6)7/h3-4H,1-2,5-6H2;1-3H3,(H,6,7). The van der Waals surface area contributed by atoms with Crippen molar-refractivity contribution in [2.45, 2.75) is 20.8 Å². The Morgan fingerprint density at radius 1 is 1.20 bits per heavy atom. The van der Waals surface area contributed by atoms with E-state index in [0.717, 1.165) is 0 Å². The van der Waals surface area contributed by atoms with Gasteiger partial charge >= 0.3 is 5.97 Å². The molecule has 0 amide bonds. The predicted octanol–water partition coefficient (Wildman–Crippen LogP) is 2.42. The molecule has 0 aromatic rings. The number of rotatable bonds is 5. The highest BCUT2D eigenvalue weighted by Gasteiger charge is 2.18. The molecule has 0 bridgehead atoms. The lowest BCUT2D eigenvalue weighted by Gasteiger charge is -2.08. The van der Waals surface area contributed by atoms with Gasteiger partial charge in [-0.3, -0.25) is 4.79 Å². The molecule has 0 aliphatic rings. The van der Waals surface area contributed by atoms with Crippen molar-refractivity contribution < 1.29 is 19.7 Å². The number of aliphatic carboxylic acids is 1. The van der Waals surface area contributed by atoms with Crippen molar-refractivity contribution >= 4 is 5.97 Å². The maximum absolute atomic E-state index is 10.0. The van der Waals surface area contributed by atoms with Crippen molar-refractivity contribution in [2.75, 3.05) is 13.2 Å². The van der Waals surface area contributed by atoms with Crippen molar-refractivity contribution in [3.8, 4) is 0 Å². The molecular formula is C11H20O4. The second-order valence-electron chi connectivity index (χ2n) is 3.70. The molecule has 0 saturated heterocycles. The van der Waals surface area contributed by atoms with Gasteiger partial charge < -0.3 is 5.11 Å². The fourth-order valence-electron chi connectivity index (χ4n) is 0.192. The molecule has 0 heterocycles. The van der Waals surface area contributed by atoms with Gasteiger partial charge in [-0.15, -0.1) is 13.2 Å². The van der Waals surface area contributed by atoms with Gasteiger partial charge in [-0.25, -0.2) is 9.78 Å². The Morgan fingerprint density at radius 2 is 1.47 bits per heavy atom. The fourth-order valence-corrected chi connectivity index (χ4v) is 0.192. The molecule has 4 heteroatoms. The van der Waals surface area contributed by atoms with E-state index in [1.54, 1.807) is 32.9 Å². The zero-order valence-corrected chi connectivity index (χ0v) is 9.66. The lowest BCUT2D eigenvalue weighted by molar-refractivity contribution is -0.277. The monoisotopic (exact) mass is 216 g/mol. The van der Waals surface area contributed by atoms with Crippen LogP contribution in [0.2, 0.25) is 0 Å². The topological polar surface area (TPSA) is 55.8 Å². The van der Waals surface area contributed by atoms with Crippen LogP contribution in [-0.4, -0.2) is 24.3 Å². The lowest BCUT2D eigenvalue weighted by atomic mass is 9.98. The Kier molecular flexibility index (Phi) is 10.2. The molecule has 0 aliphatic carbocycles. The maximum Gasteiger partial charge on any atom is 0.308 e. The SMILES string of the molecule is C=CCOOCC=C.CC(C)(C)C(=O)O. The summed E-state index contributed by atoms with van der Waals surface area (Å²) in [4.78, 5) is 19.1. The largest absolute Gasteiger partial charge is 0.481 e. The van der Waals surface area contributed by atoms with E-state index < -0.39 is 11.4 Å².